The first kappa shape index (κ1) is 13.3. The van der Waals surface area contributed by atoms with Gasteiger partial charge in [-0.05, 0) is 18.9 Å². The van der Waals surface area contributed by atoms with Crippen molar-refractivity contribution < 1.29 is 0 Å². The van der Waals surface area contributed by atoms with Crippen LogP contribution in [0.4, 0.5) is 5.82 Å². The monoisotopic (exact) mass is 292 g/mol. The molecule has 0 unspecified atom stereocenters. The predicted octanol–water partition coefficient (Wildman–Crippen LogP) is 4.37. The van der Waals surface area contributed by atoms with Crippen molar-refractivity contribution >= 4 is 16.9 Å². The van der Waals surface area contributed by atoms with Crippen molar-refractivity contribution in [1.82, 2.24) is 15.0 Å². The molecule has 4 nitrogen and oxygen atoms in total. The molecule has 112 valence electrons. The molecule has 3 aromatic rings. The molecule has 2 aromatic heterocycles. The van der Waals surface area contributed by atoms with Gasteiger partial charge in [0.1, 0.15) is 11.3 Å². The molecule has 4 rings (SSSR count). The summed E-state index contributed by atoms with van der Waals surface area (Å²) in [6, 6.07) is 12.7. The Morgan fingerprint density at radius 2 is 1.82 bits per heavy atom. The average molecular weight is 292 g/mol. The fourth-order valence-electron chi connectivity index (χ4n) is 3.21. The van der Waals surface area contributed by atoms with Crippen LogP contribution in [0.1, 0.15) is 32.1 Å². The number of benzene rings is 1. The van der Waals surface area contributed by atoms with Crippen LogP contribution < -0.4 is 5.32 Å². The first-order valence-electron chi connectivity index (χ1n) is 8.07. The van der Waals surface area contributed by atoms with Gasteiger partial charge >= 0.3 is 0 Å². The lowest BCUT2D eigenvalue weighted by Gasteiger charge is -2.23. The number of rotatable bonds is 3. The highest BCUT2D eigenvalue weighted by atomic mass is 15.1. The van der Waals surface area contributed by atoms with E-state index in [1.165, 1.54) is 32.1 Å². The van der Waals surface area contributed by atoms with Crippen LogP contribution >= 0.6 is 0 Å². The Morgan fingerprint density at radius 3 is 2.64 bits per heavy atom. The number of nitrogens with one attached hydrogen (secondary N) is 2. The lowest BCUT2D eigenvalue weighted by Crippen LogP contribution is -2.22. The van der Waals surface area contributed by atoms with Crippen LogP contribution in [-0.4, -0.2) is 21.0 Å². The van der Waals surface area contributed by atoms with E-state index in [1.54, 1.807) is 0 Å². The van der Waals surface area contributed by atoms with Crippen LogP contribution in [0.15, 0.2) is 42.6 Å². The van der Waals surface area contributed by atoms with Gasteiger partial charge in [-0.2, -0.15) is 0 Å². The minimum absolute atomic E-state index is 0.531. The van der Waals surface area contributed by atoms with Crippen LogP contribution in [-0.2, 0) is 0 Å². The number of aromatic nitrogens is 3. The summed E-state index contributed by atoms with van der Waals surface area (Å²) in [6.07, 6.45) is 8.28. The molecule has 1 fully saturated rings. The van der Waals surface area contributed by atoms with E-state index < -0.39 is 0 Å². The molecule has 0 spiro atoms. The number of fused-ring (bicyclic) bond motifs is 1. The van der Waals surface area contributed by atoms with Gasteiger partial charge in [0.2, 0.25) is 0 Å². The summed E-state index contributed by atoms with van der Waals surface area (Å²) in [4.78, 5) is 12.7. The average Bonchev–Trinajstić information content (AvgIpc) is 3.02. The largest absolute Gasteiger partial charge is 0.365 e. The summed E-state index contributed by atoms with van der Waals surface area (Å²) >= 11 is 0. The van der Waals surface area contributed by atoms with Gasteiger partial charge in [-0.25, -0.2) is 9.97 Å². The molecule has 1 aliphatic rings. The van der Waals surface area contributed by atoms with Crippen molar-refractivity contribution in [2.45, 2.75) is 38.1 Å². The number of hydrogen-bond acceptors (Lipinski definition) is 3. The third-order valence-corrected chi connectivity index (χ3v) is 4.39. The zero-order valence-electron chi connectivity index (χ0n) is 12.5. The quantitative estimate of drug-likeness (QED) is 0.753. The normalized spacial score (nSPS) is 16.0. The smallest absolute Gasteiger partial charge is 0.154 e. The Labute approximate surface area is 130 Å². The van der Waals surface area contributed by atoms with Gasteiger partial charge < -0.3 is 10.3 Å². The van der Waals surface area contributed by atoms with Gasteiger partial charge in [0, 0.05) is 17.8 Å². The lowest BCUT2D eigenvalue weighted by atomic mass is 9.95. The highest BCUT2D eigenvalue weighted by Crippen LogP contribution is 2.27. The summed E-state index contributed by atoms with van der Waals surface area (Å²) in [5.74, 6) is 1.80. The van der Waals surface area contributed by atoms with Gasteiger partial charge in [0.05, 0.1) is 5.52 Å². The number of nitrogens with zero attached hydrogens (tertiary/aromatic N) is 2. The second-order valence-electron chi connectivity index (χ2n) is 5.99. The van der Waals surface area contributed by atoms with Gasteiger partial charge in [0.25, 0.3) is 0 Å². The Balaban J connectivity index is 1.69. The highest BCUT2D eigenvalue weighted by Gasteiger charge is 2.16. The zero-order valence-corrected chi connectivity index (χ0v) is 12.5. The molecule has 1 saturated carbocycles. The third-order valence-electron chi connectivity index (χ3n) is 4.39. The van der Waals surface area contributed by atoms with Crippen LogP contribution in [0.5, 0.6) is 0 Å². The number of imidazole rings is 1. The van der Waals surface area contributed by atoms with Crippen LogP contribution in [0.25, 0.3) is 22.4 Å². The minimum atomic E-state index is 0.531. The summed E-state index contributed by atoms with van der Waals surface area (Å²) in [5, 5.41) is 3.60. The van der Waals surface area contributed by atoms with E-state index in [9.17, 15) is 0 Å². The fourth-order valence-corrected chi connectivity index (χ4v) is 3.21. The maximum absolute atomic E-state index is 4.77. The standard InChI is InChI=1S/C18H20N4/c1-3-7-13(8-4-1)17-21-15-11-12-19-18(16(15)22-17)20-14-9-5-2-6-10-14/h1,3-4,7-8,11-12,14H,2,5-6,9-10H2,(H,19,20)(H,21,22). The van der Waals surface area contributed by atoms with E-state index in [2.05, 4.69) is 27.4 Å². The van der Waals surface area contributed by atoms with Gasteiger partial charge in [0.15, 0.2) is 5.82 Å². The van der Waals surface area contributed by atoms with E-state index in [4.69, 9.17) is 4.98 Å². The molecule has 4 heteroatoms. The molecule has 1 aliphatic carbocycles. The van der Waals surface area contributed by atoms with Gasteiger partial charge in [-0.3, -0.25) is 0 Å². The van der Waals surface area contributed by atoms with Gasteiger partial charge in [-0.1, -0.05) is 49.6 Å². The molecule has 2 N–H and O–H groups in total. The number of anilines is 1. The Kier molecular flexibility index (Phi) is 3.51. The molecule has 0 aliphatic heterocycles. The van der Waals surface area contributed by atoms with E-state index >= 15 is 0 Å². The lowest BCUT2D eigenvalue weighted by molar-refractivity contribution is 0.462. The Hall–Kier alpha value is -2.36. The van der Waals surface area contributed by atoms with Crippen molar-refractivity contribution in [3.8, 4) is 11.4 Å². The van der Waals surface area contributed by atoms with Crippen LogP contribution in [0, 0.1) is 0 Å². The van der Waals surface area contributed by atoms with Crippen molar-refractivity contribution in [1.29, 1.82) is 0 Å². The number of pyridine rings is 1. The minimum Gasteiger partial charge on any atom is -0.365 e. The summed E-state index contributed by atoms with van der Waals surface area (Å²) < 4.78 is 0. The van der Waals surface area contributed by atoms with Crippen LogP contribution in [0.2, 0.25) is 0 Å². The second kappa shape index (κ2) is 5.79. The summed E-state index contributed by atoms with van der Waals surface area (Å²) in [7, 11) is 0. The molecule has 0 bridgehead atoms. The molecular formula is C18H20N4. The molecule has 0 radical (unpaired) electrons. The number of hydrogen-bond donors (Lipinski definition) is 2. The topological polar surface area (TPSA) is 53.6 Å². The van der Waals surface area contributed by atoms with Gasteiger partial charge in [-0.15, -0.1) is 0 Å². The third kappa shape index (κ3) is 2.56. The first-order valence-corrected chi connectivity index (χ1v) is 8.07. The maximum atomic E-state index is 4.77. The SMILES string of the molecule is c1ccc(-c2nc3c(NC4CCCCC4)nccc3[nH]2)cc1. The Morgan fingerprint density at radius 1 is 1.00 bits per heavy atom. The fraction of sp³-hybridized carbons (Fsp3) is 0.333. The summed E-state index contributed by atoms with van der Waals surface area (Å²) in [5.41, 5.74) is 3.07. The van der Waals surface area contributed by atoms with Crippen molar-refractivity contribution in [3.63, 3.8) is 0 Å². The molecule has 1 aromatic carbocycles. The molecule has 0 amide bonds. The zero-order chi connectivity index (χ0) is 14.8. The van der Waals surface area contributed by atoms with E-state index in [-0.39, 0.29) is 0 Å². The van der Waals surface area contributed by atoms with E-state index in [0.29, 0.717) is 6.04 Å². The number of aromatic amines is 1. The molecule has 0 atom stereocenters. The van der Waals surface area contributed by atoms with E-state index in [1.807, 2.05) is 30.5 Å². The maximum Gasteiger partial charge on any atom is 0.154 e. The number of H-pyrrole nitrogens is 1. The van der Waals surface area contributed by atoms with E-state index in [0.717, 1.165) is 28.2 Å². The Bertz CT molecular complexity index is 757. The molecule has 22 heavy (non-hydrogen) atoms. The van der Waals surface area contributed by atoms with Crippen LogP contribution in [0.3, 0.4) is 0 Å². The van der Waals surface area contributed by atoms with Crippen molar-refractivity contribution in [2.75, 3.05) is 5.32 Å². The summed E-state index contributed by atoms with van der Waals surface area (Å²) in [6.45, 7) is 0. The first-order chi connectivity index (χ1) is 10.9. The molecular weight excluding hydrogens is 272 g/mol. The molecule has 2 heterocycles. The molecule has 0 saturated heterocycles. The predicted molar refractivity (Wildman–Crippen MR) is 89.8 cm³/mol. The van der Waals surface area contributed by atoms with Crippen molar-refractivity contribution in [2.24, 2.45) is 0 Å². The van der Waals surface area contributed by atoms with Crippen molar-refractivity contribution in [3.05, 3.63) is 42.6 Å². The highest BCUT2D eigenvalue weighted by molar-refractivity contribution is 5.88. The second-order valence-corrected chi connectivity index (χ2v) is 5.99.